The lowest BCUT2D eigenvalue weighted by Crippen LogP contribution is -2.10. The number of aromatic amines is 1. The fourth-order valence-electron chi connectivity index (χ4n) is 2.84. The highest BCUT2D eigenvalue weighted by Gasteiger charge is 2.17. The second-order valence-electron chi connectivity index (χ2n) is 5.10. The molecule has 3 heteroatoms. The van der Waals surface area contributed by atoms with Gasteiger partial charge in [-0.2, -0.15) is 0 Å². The van der Waals surface area contributed by atoms with Gasteiger partial charge in [-0.05, 0) is 55.6 Å². The van der Waals surface area contributed by atoms with E-state index in [4.69, 9.17) is 0 Å². The van der Waals surface area contributed by atoms with Crippen molar-refractivity contribution in [3.63, 3.8) is 0 Å². The molecule has 2 nitrogen and oxygen atoms in total. The van der Waals surface area contributed by atoms with Crippen LogP contribution in [0.3, 0.4) is 0 Å². The van der Waals surface area contributed by atoms with Crippen molar-refractivity contribution >= 4 is 22.2 Å². The Morgan fingerprint density at radius 3 is 2.95 bits per heavy atom. The van der Waals surface area contributed by atoms with Crippen LogP contribution in [-0.2, 0) is 0 Å². The quantitative estimate of drug-likeness (QED) is 0.647. The molecule has 0 aliphatic rings. The van der Waals surface area contributed by atoms with Crippen LogP contribution in [0.15, 0.2) is 48.0 Å². The molecular formula is C17H20N2S. The molecule has 3 aromatic rings. The summed E-state index contributed by atoms with van der Waals surface area (Å²) in [7, 11) is 2.02. The average molecular weight is 284 g/mol. The molecule has 20 heavy (non-hydrogen) atoms. The maximum atomic E-state index is 3.32. The average Bonchev–Trinajstić information content (AvgIpc) is 3.14. The lowest BCUT2D eigenvalue weighted by molar-refractivity contribution is 0.636. The van der Waals surface area contributed by atoms with Crippen LogP contribution in [0.1, 0.15) is 29.2 Å². The van der Waals surface area contributed by atoms with Crippen molar-refractivity contribution in [1.82, 2.24) is 10.3 Å². The number of hydrogen-bond donors (Lipinski definition) is 2. The summed E-state index contributed by atoms with van der Waals surface area (Å²) in [6.45, 7) is 1.07. The van der Waals surface area contributed by atoms with Gasteiger partial charge >= 0.3 is 0 Å². The molecule has 0 radical (unpaired) electrons. The van der Waals surface area contributed by atoms with Crippen molar-refractivity contribution in [3.05, 3.63) is 58.4 Å². The largest absolute Gasteiger partial charge is 0.361 e. The van der Waals surface area contributed by atoms with Gasteiger partial charge < -0.3 is 10.3 Å². The fraction of sp³-hybridized carbons (Fsp3) is 0.294. The summed E-state index contributed by atoms with van der Waals surface area (Å²) in [6, 6.07) is 13.2. The maximum Gasteiger partial charge on any atom is 0.0456 e. The van der Waals surface area contributed by atoms with Crippen molar-refractivity contribution in [2.24, 2.45) is 0 Å². The van der Waals surface area contributed by atoms with Gasteiger partial charge in [0.15, 0.2) is 0 Å². The fourth-order valence-corrected chi connectivity index (χ4v) is 3.72. The maximum absolute atomic E-state index is 3.32. The highest BCUT2D eigenvalue weighted by atomic mass is 32.1. The van der Waals surface area contributed by atoms with E-state index < -0.39 is 0 Å². The van der Waals surface area contributed by atoms with Gasteiger partial charge in [0.1, 0.15) is 0 Å². The van der Waals surface area contributed by atoms with Crippen LogP contribution in [0, 0.1) is 0 Å². The van der Waals surface area contributed by atoms with Gasteiger partial charge in [-0.15, -0.1) is 11.3 Å². The Kier molecular flexibility index (Phi) is 4.19. The second kappa shape index (κ2) is 6.25. The first-order chi connectivity index (χ1) is 9.90. The van der Waals surface area contributed by atoms with Crippen LogP contribution in [0.5, 0.6) is 0 Å². The van der Waals surface area contributed by atoms with Gasteiger partial charge in [-0.25, -0.2) is 0 Å². The first-order valence-corrected chi connectivity index (χ1v) is 8.02. The van der Waals surface area contributed by atoms with Gasteiger partial charge in [-0.3, -0.25) is 0 Å². The Morgan fingerprint density at radius 2 is 2.15 bits per heavy atom. The number of benzene rings is 1. The molecule has 0 spiro atoms. The SMILES string of the molecule is CNCCC[C@@H](c1cccs1)c1cccc2[nH]ccc12. The molecule has 0 aliphatic carbocycles. The van der Waals surface area contributed by atoms with Gasteiger partial charge in [0, 0.05) is 27.9 Å². The van der Waals surface area contributed by atoms with Crippen molar-refractivity contribution in [2.45, 2.75) is 18.8 Å². The van der Waals surface area contributed by atoms with E-state index >= 15 is 0 Å². The third-order valence-corrected chi connectivity index (χ3v) is 4.80. The highest BCUT2D eigenvalue weighted by Crippen LogP contribution is 2.35. The Morgan fingerprint density at radius 1 is 1.20 bits per heavy atom. The summed E-state index contributed by atoms with van der Waals surface area (Å²) in [4.78, 5) is 4.79. The number of rotatable bonds is 6. The third kappa shape index (κ3) is 2.65. The first kappa shape index (κ1) is 13.4. The van der Waals surface area contributed by atoms with Crippen molar-refractivity contribution in [2.75, 3.05) is 13.6 Å². The summed E-state index contributed by atoms with van der Waals surface area (Å²) < 4.78 is 0. The predicted molar refractivity (Wildman–Crippen MR) is 87.6 cm³/mol. The molecule has 3 rings (SSSR count). The van der Waals surface area contributed by atoms with E-state index in [0.29, 0.717) is 5.92 Å². The van der Waals surface area contributed by atoms with Crippen LogP contribution in [0.25, 0.3) is 10.9 Å². The minimum Gasteiger partial charge on any atom is -0.361 e. The lowest BCUT2D eigenvalue weighted by atomic mass is 9.90. The van der Waals surface area contributed by atoms with Crippen molar-refractivity contribution in [3.8, 4) is 0 Å². The number of H-pyrrole nitrogens is 1. The Bertz CT molecular complexity index is 655. The Labute approximate surface area is 123 Å². The number of thiophene rings is 1. The Balaban J connectivity index is 1.98. The van der Waals surface area contributed by atoms with Gasteiger partial charge in [-0.1, -0.05) is 18.2 Å². The monoisotopic (exact) mass is 284 g/mol. The van der Waals surface area contributed by atoms with E-state index in [2.05, 4.69) is 52.1 Å². The molecule has 0 saturated heterocycles. The molecular weight excluding hydrogens is 264 g/mol. The molecule has 0 saturated carbocycles. The van der Waals surface area contributed by atoms with E-state index in [9.17, 15) is 0 Å². The lowest BCUT2D eigenvalue weighted by Gasteiger charge is -2.17. The van der Waals surface area contributed by atoms with E-state index in [1.54, 1.807) is 0 Å². The van der Waals surface area contributed by atoms with E-state index in [0.717, 1.165) is 6.54 Å². The summed E-state index contributed by atoms with van der Waals surface area (Å²) in [5.41, 5.74) is 2.68. The topological polar surface area (TPSA) is 27.8 Å². The van der Waals surface area contributed by atoms with Gasteiger partial charge in [0.05, 0.1) is 0 Å². The Hall–Kier alpha value is -1.58. The number of aromatic nitrogens is 1. The summed E-state index contributed by atoms with van der Waals surface area (Å²) in [6.07, 6.45) is 4.42. The van der Waals surface area contributed by atoms with Crippen molar-refractivity contribution in [1.29, 1.82) is 0 Å². The van der Waals surface area contributed by atoms with E-state index in [1.807, 2.05) is 24.6 Å². The first-order valence-electron chi connectivity index (χ1n) is 7.14. The molecule has 0 fully saturated rings. The van der Waals surface area contributed by atoms with Gasteiger partial charge in [0.25, 0.3) is 0 Å². The summed E-state index contributed by atoms with van der Waals surface area (Å²) >= 11 is 1.86. The number of fused-ring (bicyclic) bond motifs is 1. The minimum absolute atomic E-state index is 0.503. The molecule has 0 aliphatic heterocycles. The minimum atomic E-state index is 0.503. The molecule has 2 aromatic heterocycles. The normalized spacial score (nSPS) is 12.8. The number of nitrogens with one attached hydrogen (secondary N) is 2. The molecule has 1 atom stereocenters. The van der Waals surface area contributed by atoms with Crippen LogP contribution >= 0.6 is 11.3 Å². The van der Waals surface area contributed by atoms with Crippen molar-refractivity contribution < 1.29 is 0 Å². The zero-order valence-electron chi connectivity index (χ0n) is 11.7. The standard InChI is InChI=1S/C17H20N2S/c1-18-10-3-6-15(17-8-4-12-20-17)13-5-2-7-16-14(13)9-11-19-16/h2,4-5,7-9,11-12,15,18-19H,3,6,10H2,1H3/t15-/m1/s1. The molecule has 0 amide bonds. The van der Waals surface area contributed by atoms with Gasteiger partial charge in [0.2, 0.25) is 0 Å². The second-order valence-corrected chi connectivity index (χ2v) is 6.08. The molecule has 0 unspecified atom stereocenters. The summed E-state index contributed by atoms with van der Waals surface area (Å²) in [5, 5.41) is 6.78. The smallest absolute Gasteiger partial charge is 0.0456 e. The summed E-state index contributed by atoms with van der Waals surface area (Å²) in [5.74, 6) is 0.503. The van der Waals surface area contributed by atoms with Crippen LogP contribution in [-0.4, -0.2) is 18.6 Å². The van der Waals surface area contributed by atoms with E-state index in [-0.39, 0.29) is 0 Å². The van der Waals surface area contributed by atoms with Crippen LogP contribution in [0.4, 0.5) is 0 Å². The predicted octanol–water partition coefficient (Wildman–Crippen LogP) is 4.36. The zero-order chi connectivity index (χ0) is 13.8. The zero-order valence-corrected chi connectivity index (χ0v) is 12.5. The van der Waals surface area contributed by atoms with E-state index in [1.165, 1.54) is 34.2 Å². The molecule has 1 aromatic carbocycles. The highest BCUT2D eigenvalue weighted by molar-refractivity contribution is 7.10. The van der Waals surface area contributed by atoms with Crippen LogP contribution in [0.2, 0.25) is 0 Å². The number of hydrogen-bond acceptors (Lipinski definition) is 2. The molecule has 0 bridgehead atoms. The molecule has 2 N–H and O–H groups in total. The van der Waals surface area contributed by atoms with Crippen LogP contribution < -0.4 is 5.32 Å². The third-order valence-electron chi connectivity index (χ3n) is 3.81. The molecule has 104 valence electrons. The molecule has 2 heterocycles.